The molecule has 0 bridgehead atoms. The van der Waals surface area contributed by atoms with Crippen LogP contribution in [0.15, 0.2) is 42.5 Å². The van der Waals surface area contributed by atoms with E-state index in [9.17, 15) is 13.6 Å². The SMILES string of the molecule is CC(C)(CC1Cc2ccccc2C1)NCCCOc1cc(/C=C/CCC(=O)O)cc(F)c1F. The van der Waals surface area contributed by atoms with Crippen molar-refractivity contribution in [3.63, 3.8) is 0 Å². The molecule has 0 heterocycles. The molecule has 0 spiro atoms. The third-order valence-corrected chi connectivity index (χ3v) is 5.97. The Morgan fingerprint density at radius 3 is 2.58 bits per heavy atom. The highest BCUT2D eigenvalue weighted by atomic mass is 19.2. The molecule has 2 aromatic rings. The second-order valence-electron chi connectivity index (χ2n) is 9.41. The van der Waals surface area contributed by atoms with Crippen LogP contribution in [0.1, 0.15) is 56.2 Å². The summed E-state index contributed by atoms with van der Waals surface area (Å²) in [4.78, 5) is 10.6. The Hall–Kier alpha value is -2.73. The quantitative estimate of drug-likeness (QED) is 0.397. The van der Waals surface area contributed by atoms with E-state index >= 15 is 0 Å². The third kappa shape index (κ3) is 7.67. The van der Waals surface area contributed by atoms with E-state index in [-0.39, 0.29) is 24.3 Å². The minimum atomic E-state index is -1.01. The monoisotopic (exact) mass is 457 g/mol. The van der Waals surface area contributed by atoms with Crippen LogP contribution in [0.4, 0.5) is 8.78 Å². The molecule has 0 radical (unpaired) electrons. The van der Waals surface area contributed by atoms with E-state index < -0.39 is 17.6 Å². The first-order chi connectivity index (χ1) is 15.7. The van der Waals surface area contributed by atoms with E-state index in [1.807, 2.05) is 0 Å². The summed E-state index contributed by atoms with van der Waals surface area (Å²) in [7, 11) is 0. The fraction of sp³-hybridized carbons (Fsp3) is 0.444. The summed E-state index contributed by atoms with van der Waals surface area (Å²) in [5.41, 5.74) is 3.33. The van der Waals surface area contributed by atoms with Gasteiger partial charge in [0.15, 0.2) is 11.6 Å². The van der Waals surface area contributed by atoms with Gasteiger partial charge in [0.25, 0.3) is 0 Å². The highest BCUT2D eigenvalue weighted by molar-refractivity contribution is 5.67. The van der Waals surface area contributed by atoms with Crippen LogP contribution >= 0.6 is 0 Å². The number of ether oxygens (including phenoxy) is 1. The Labute approximate surface area is 194 Å². The maximum atomic E-state index is 14.1. The number of benzene rings is 2. The molecule has 0 fully saturated rings. The van der Waals surface area contributed by atoms with Gasteiger partial charge in [-0.3, -0.25) is 4.79 Å². The molecule has 178 valence electrons. The Kier molecular flexibility index (Phi) is 8.61. The molecule has 0 aromatic heterocycles. The molecular weight excluding hydrogens is 424 g/mol. The number of carbonyl (C=O) groups is 1. The highest BCUT2D eigenvalue weighted by Crippen LogP contribution is 2.32. The zero-order valence-electron chi connectivity index (χ0n) is 19.4. The lowest BCUT2D eigenvalue weighted by Crippen LogP contribution is -2.42. The molecule has 4 nitrogen and oxygen atoms in total. The Bertz CT molecular complexity index is 962. The normalized spacial score (nSPS) is 14.1. The number of nitrogens with one attached hydrogen (secondary N) is 1. The predicted octanol–water partition coefficient (Wildman–Crippen LogP) is 5.79. The Morgan fingerprint density at radius 2 is 1.91 bits per heavy atom. The number of allylic oxidation sites excluding steroid dienone is 1. The van der Waals surface area contributed by atoms with Crippen LogP contribution in [0, 0.1) is 17.6 Å². The molecule has 6 heteroatoms. The molecule has 33 heavy (non-hydrogen) atoms. The molecule has 0 unspecified atom stereocenters. The number of aliphatic carboxylic acids is 1. The number of carboxylic acids is 1. The zero-order valence-corrected chi connectivity index (χ0v) is 19.4. The van der Waals surface area contributed by atoms with E-state index in [1.54, 1.807) is 12.2 Å². The van der Waals surface area contributed by atoms with E-state index in [1.165, 1.54) is 17.2 Å². The minimum Gasteiger partial charge on any atom is -0.490 e. The summed E-state index contributed by atoms with van der Waals surface area (Å²) in [5, 5.41) is 12.2. The summed E-state index contributed by atoms with van der Waals surface area (Å²) < 4.78 is 33.5. The van der Waals surface area contributed by atoms with Crippen molar-refractivity contribution in [1.29, 1.82) is 0 Å². The molecule has 0 saturated heterocycles. The van der Waals surface area contributed by atoms with Gasteiger partial charge in [0.05, 0.1) is 6.61 Å². The summed E-state index contributed by atoms with van der Waals surface area (Å²) in [6, 6.07) is 11.1. The van der Waals surface area contributed by atoms with Crippen LogP contribution in [-0.4, -0.2) is 29.8 Å². The standard InChI is InChI=1S/C27H33F2NO3/c1-27(2,18-20-14-21-9-4-5-10-22(21)15-20)30-12-7-13-33-24-17-19(16-23(28)26(24)29)8-3-6-11-25(31)32/h3-5,8-10,16-17,20,30H,6-7,11-15,18H2,1-2H3,(H,31,32)/b8-3+. The predicted molar refractivity (Wildman–Crippen MR) is 126 cm³/mol. The van der Waals surface area contributed by atoms with Gasteiger partial charge in [-0.15, -0.1) is 0 Å². The molecule has 0 aliphatic heterocycles. The van der Waals surface area contributed by atoms with Crippen LogP contribution in [-0.2, 0) is 17.6 Å². The van der Waals surface area contributed by atoms with E-state index in [0.29, 0.717) is 30.9 Å². The summed E-state index contributed by atoms with van der Waals surface area (Å²) in [5.74, 6) is -2.39. The number of carboxylic acid groups (broad SMARTS) is 1. The van der Waals surface area contributed by atoms with Crippen molar-refractivity contribution in [2.45, 2.75) is 57.9 Å². The fourth-order valence-corrected chi connectivity index (χ4v) is 4.48. The van der Waals surface area contributed by atoms with Crippen LogP contribution in [0.3, 0.4) is 0 Å². The van der Waals surface area contributed by atoms with Crippen molar-refractivity contribution in [3.8, 4) is 5.75 Å². The zero-order chi connectivity index (χ0) is 23.8. The molecule has 0 saturated carbocycles. The molecule has 3 rings (SSSR count). The lowest BCUT2D eigenvalue weighted by Gasteiger charge is -2.29. The van der Waals surface area contributed by atoms with Gasteiger partial charge >= 0.3 is 5.97 Å². The van der Waals surface area contributed by atoms with Crippen molar-refractivity contribution in [2.75, 3.05) is 13.2 Å². The van der Waals surface area contributed by atoms with Gasteiger partial charge in [0, 0.05) is 12.0 Å². The van der Waals surface area contributed by atoms with Gasteiger partial charge < -0.3 is 15.2 Å². The number of hydrogen-bond donors (Lipinski definition) is 2. The second kappa shape index (κ2) is 11.4. The molecule has 2 aromatic carbocycles. The van der Waals surface area contributed by atoms with Crippen LogP contribution in [0.5, 0.6) is 5.75 Å². The smallest absolute Gasteiger partial charge is 0.303 e. The third-order valence-electron chi connectivity index (χ3n) is 5.97. The maximum Gasteiger partial charge on any atom is 0.303 e. The van der Waals surface area contributed by atoms with Crippen molar-refractivity contribution < 1.29 is 23.4 Å². The molecule has 1 aliphatic rings. The van der Waals surface area contributed by atoms with E-state index in [4.69, 9.17) is 9.84 Å². The van der Waals surface area contributed by atoms with Crippen molar-refractivity contribution in [1.82, 2.24) is 5.32 Å². The molecule has 1 aliphatic carbocycles. The molecule has 0 amide bonds. The lowest BCUT2D eigenvalue weighted by molar-refractivity contribution is -0.136. The average Bonchev–Trinajstić information content (AvgIpc) is 3.15. The van der Waals surface area contributed by atoms with Gasteiger partial charge in [-0.05, 0) is 87.2 Å². The van der Waals surface area contributed by atoms with Gasteiger partial charge in [-0.2, -0.15) is 4.39 Å². The van der Waals surface area contributed by atoms with Gasteiger partial charge in [-0.1, -0.05) is 36.4 Å². The first-order valence-corrected chi connectivity index (χ1v) is 11.6. The Balaban J connectivity index is 1.42. The molecular formula is C27H33F2NO3. The average molecular weight is 458 g/mol. The fourth-order valence-electron chi connectivity index (χ4n) is 4.48. The minimum absolute atomic E-state index is 0.0133. The number of hydrogen-bond acceptors (Lipinski definition) is 3. The van der Waals surface area contributed by atoms with Crippen molar-refractivity contribution in [3.05, 3.63) is 70.8 Å². The summed E-state index contributed by atoms with van der Waals surface area (Å²) in [6.07, 6.45) is 7.47. The first kappa shape index (κ1) is 24.9. The Morgan fingerprint density at radius 1 is 1.21 bits per heavy atom. The maximum absolute atomic E-state index is 14.1. The van der Waals surface area contributed by atoms with E-state index in [2.05, 4.69) is 43.4 Å². The highest BCUT2D eigenvalue weighted by Gasteiger charge is 2.27. The summed E-state index contributed by atoms with van der Waals surface area (Å²) >= 11 is 0. The van der Waals surface area contributed by atoms with Crippen LogP contribution in [0.2, 0.25) is 0 Å². The summed E-state index contributed by atoms with van der Waals surface area (Å²) in [6.45, 7) is 5.38. The second-order valence-corrected chi connectivity index (χ2v) is 9.41. The van der Waals surface area contributed by atoms with Crippen molar-refractivity contribution in [2.24, 2.45) is 5.92 Å². The lowest BCUT2D eigenvalue weighted by atomic mass is 9.88. The van der Waals surface area contributed by atoms with Gasteiger partial charge in [0.2, 0.25) is 5.82 Å². The number of rotatable bonds is 12. The largest absolute Gasteiger partial charge is 0.490 e. The van der Waals surface area contributed by atoms with Gasteiger partial charge in [0.1, 0.15) is 0 Å². The topological polar surface area (TPSA) is 58.6 Å². The molecule has 0 atom stereocenters. The van der Waals surface area contributed by atoms with Crippen LogP contribution < -0.4 is 10.1 Å². The number of halogens is 2. The van der Waals surface area contributed by atoms with Crippen molar-refractivity contribution >= 4 is 12.0 Å². The number of fused-ring (bicyclic) bond motifs is 1. The first-order valence-electron chi connectivity index (χ1n) is 11.6. The van der Waals surface area contributed by atoms with Crippen LogP contribution in [0.25, 0.3) is 6.08 Å². The van der Waals surface area contributed by atoms with E-state index in [0.717, 1.165) is 25.3 Å². The van der Waals surface area contributed by atoms with Gasteiger partial charge in [-0.25, -0.2) is 4.39 Å². The molecule has 2 N–H and O–H groups in total.